The fourth-order valence-corrected chi connectivity index (χ4v) is 8.09. The number of carboxylic acid groups (broad SMARTS) is 1. The van der Waals surface area contributed by atoms with Crippen LogP contribution in [0, 0.1) is 34.5 Å². The Hall–Kier alpha value is -1.11. The van der Waals surface area contributed by atoms with Crippen LogP contribution in [-0.2, 0) is 9.59 Å². The molecule has 4 aliphatic carbocycles. The molecule has 0 bridgehead atoms. The van der Waals surface area contributed by atoms with Gasteiger partial charge in [-0.1, -0.05) is 25.5 Å². The second-order valence-electron chi connectivity index (χ2n) is 10.0. The lowest BCUT2D eigenvalue weighted by molar-refractivity contribution is -0.137. The quantitative estimate of drug-likeness (QED) is 0.633. The summed E-state index contributed by atoms with van der Waals surface area (Å²) in [6.45, 7) is 4.56. The molecule has 29 heavy (non-hydrogen) atoms. The minimum absolute atomic E-state index is 0.0102. The zero-order valence-corrected chi connectivity index (χ0v) is 18.2. The summed E-state index contributed by atoms with van der Waals surface area (Å²) < 4.78 is 0. The van der Waals surface area contributed by atoms with Crippen LogP contribution in [0.5, 0.6) is 0 Å². The van der Waals surface area contributed by atoms with Gasteiger partial charge in [0.25, 0.3) is 0 Å². The molecule has 4 aliphatic rings. The van der Waals surface area contributed by atoms with Gasteiger partial charge in [-0.2, -0.15) is 11.8 Å². The zero-order valence-electron chi connectivity index (χ0n) is 17.3. The number of rotatable bonds is 5. The minimum Gasteiger partial charge on any atom is -0.480 e. The normalized spacial score (nSPS) is 44.5. The molecule has 0 aliphatic heterocycles. The number of hydrogen-bond donors (Lipinski definition) is 3. The standard InChI is InChI=1S/C23H33NO4S/c1-22-7-5-14(25)10-18(22)13(11-29-12-19(24)21(27)28)9-15-16-3-4-20(26)23(16,2)8-6-17(15)22/h5,7,10,13,15-17,19-20,26H,3-4,6,8-9,11-12,24H2,1-2H3,(H,27,28)/t13?,15-,16-,17-,19-,20-,22+,23-/m0/s1. The van der Waals surface area contributed by atoms with Crippen molar-refractivity contribution in [2.75, 3.05) is 11.5 Å². The van der Waals surface area contributed by atoms with E-state index in [1.807, 2.05) is 6.08 Å². The summed E-state index contributed by atoms with van der Waals surface area (Å²) in [6.07, 6.45) is 10.6. The maximum absolute atomic E-state index is 12.2. The summed E-state index contributed by atoms with van der Waals surface area (Å²) in [5.74, 6) is 2.07. The first kappa shape index (κ1) is 21.1. The van der Waals surface area contributed by atoms with Crippen LogP contribution in [-0.4, -0.2) is 45.6 Å². The number of ketones is 1. The van der Waals surface area contributed by atoms with Crippen LogP contribution >= 0.6 is 11.8 Å². The third-order valence-corrected chi connectivity index (χ3v) is 9.83. The van der Waals surface area contributed by atoms with Crippen molar-refractivity contribution in [3.63, 3.8) is 0 Å². The number of aliphatic hydroxyl groups is 1. The molecule has 6 heteroatoms. The van der Waals surface area contributed by atoms with Crippen LogP contribution in [0.2, 0.25) is 0 Å². The van der Waals surface area contributed by atoms with Crippen LogP contribution in [0.3, 0.4) is 0 Å². The number of allylic oxidation sites excluding steroid dienone is 4. The third kappa shape index (κ3) is 3.41. The van der Waals surface area contributed by atoms with Crippen molar-refractivity contribution in [2.24, 2.45) is 40.2 Å². The Kier molecular flexibility index (Phi) is 5.50. The highest BCUT2D eigenvalue weighted by molar-refractivity contribution is 7.99. The zero-order chi connectivity index (χ0) is 21.0. The molecule has 0 heterocycles. The largest absolute Gasteiger partial charge is 0.480 e. The Labute approximate surface area is 177 Å². The van der Waals surface area contributed by atoms with Gasteiger partial charge in [-0.05, 0) is 79.1 Å². The van der Waals surface area contributed by atoms with Crippen molar-refractivity contribution < 1.29 is 19.8 Å². The van der Waals surface area contributed by atoms with Crippen LogP contribution in [0.15, 0.2) is 23.8 Å². The number of carbonyl (C=O) groups is 2. The highest BCUT2D eigenvalue weighted by atomic mass is 32.2. The van der Waals surface area contributed by atoms with Crippen molar-refractivity contribution in [2.45, 2.75) is 58.1 Å². The maximum Gasteiger partial charge on any atom is 0.321 e. The number of nitrogens with two attached hydrogens (primary N) is 1. The lowest BCUT2D eigenvalue weighted by atomic mass is 9.46. The molecule has 0 saturated heterocycles. The second-order valence-corrected chi connectivity index (χ2v) is 11.1. The summed E-state index contributed by atoms with van der Waals surface area (Å²) in [6, 6.07) is -0.854. The molecule has 1 unspecified atom stereocenters. The van der Waals surface area contributed by atoms with E-state index in [0.29, 0.717) is 23.5 Å². The van der Waals surface area contributed by atoms with E-state index in [0.717, 1.165) is 37.9 Å². The molecule has 0 spiro atoms. The third-order valence-electron chi connectivity index (χ3n) is 8.60. The van der Waals surface area contributed by atoms with E-state index in [1.54, 1.807) is 17.8 Å². The van der Waals surface area contributed by atoms with Crippen molar-refractivity contribution in [3.05, 3.63) is 23.8 Å². The molecule has 4 rings (SSSR count). The first-order chi connectivity index (χ1) is 13.7. The molecule has 160 valence electrons. The van der Waals surface area contributed by atoms with Gasteiger partial charge in [0.2, 0.25) is 0 Å². The molecule has 0 amide bonds. The first-order valence-corrected chi connectivity index (χ1v) is 12.0. The van der Waals surface area contributed by atoms with Gasteiger partial charge >= 0.3 is 5.97 Å². The molecule has 0 aromatic rings. The number of carboxylic acids is 1. The lowest BCUT2D eigenvalue weighted by Gasteiger charge is -2.58. The van der Waals surface area contributed by atoms with E-state index in [1.165, 1.54) is 5.57 Å². The minimum atomic E-state index is -0.968. The summed E-state index contributed by atoms with van der Waals surface area (Å²) in [5, 5.41) is 19.7. The van der Waals surface area contributed by atoms with Gasteiger partial charge in [0.05, 0.1) is 6.10 Å². The monoisotopic (exact) mass is 419 g/mol. The number of thioether (sulfide) groups is 1. The van der Waals surface area contributed by atoms with Crippen molar-refractivity contribution in [1.29, 1.82) is 0 Å². The average molecular weight is 420 g/mol. The molecule has 3 fully saturated rings. The smallest absolute Gasteiger partial charge is 0.321 e. The number of aliphatic hydroxyl groups excluding tert-OH is 1. The molecule has 8 atom stereocenters. The SMILES string of the molecule is C[C@]12CC[C@H]3[C@@H](CC(CSC[C@H](N)C(=O)O)C4=CC(=O)C=C[C@@]43C)[C@@H]1CC[C@@H]2O. The Morgan fingerprint density at radius 3 is 2.79 bits per heavy atom. The van der Waals surface area contributed by atoms with Crippen molar-refractivity contribution in [3.8, 4) is 0 Å². The summed E-state index contributed by atoms with van der Waals surface area (Å²) in [4.78, 5) is 23.3. The van der Waals surface area contributed by atoms with Crippen LogP contribution in [0.1, 0.15) is 46.0 Å². The van der Waals surface area contributed by atoms with E-state index in [9.17, 15) is 14.7 Å². The van der Waals surface area contributed by atoms with E-state index in [-0.39, 0.29) is 28.6 Å². The summed E-state index contributed by atoms with van der Waals surface area (Å²) >= 11 is 1.58. The van der Waals surface area contributed by atoms with Gasteiger partial charge in [-0.25, -0.2) is 0 Å². The molecule has 4 N–H and O–H groups in total. The molecule has 0 aromatic heterocycles. The maximum atomic E-state index is 12.2. The Balaban J connectivity index is 1.60. The Morgan fingerprint density at radius 1 is 1.31 bits per heavy atom. The van der Waals surface area contributed by atoms with Crippen LogP contribution in [0.25, 0.3) is 0 Å². The topological polar surface area (TPSA) is 101 Å². The van der Waals surface area contributed by atoms with Gasteiger partial charge in [0, 0.05) is 11.2 Å². The second kappa shape index (κ2) is 7.54. The molecular weight excluding hydrogens is 386 g/mol. The summed E-state index contributed by atoms with van der Waals surface area (Å²) in [5.41, 5.74) is 6.81. The number of aliphatic carboxylic acids is 1. The number of hydrogen-bond acceptors (Lipinski definition) is 5. The fourth-order valence-electron chi connectivity index (χ4n) is 6.96. The first-order valence-electron chi connectivity index (χ1n) is 10.9. The van der Waals surface area contributed by atoms with Gasteiger partial charge in [0.15, 0.2) is 5.78 Å². The van der Waals surface area contributed by atoms with Crippen LogP contribution in [0.4, 0.5) is 0 Å². The van der Waals surface area contributed by atoms with Gasteiger partial charge in [0.1, 0.15) is 6.04 Å². The van der Waals surface area contributed by atoms with E-state index >= 15 is 0 Å². The van der Waals surface area contributed by atoms with Gasteiger partial charge < -0.3 is 15.9 Å². The molecular formula is C23H33NO4S. The van der Waals surface area contributed by atoms with Crippen molar-refractivity contribution in [1.82, 2.24) is 0 Å². The molecule has 5 nitrogen and oxygen atoms in total. The Morgan fingerprint density at radius 2 is 2.07 bits per heavy atom. The fraction of sp³-hybridized carbons (Fsp3) is 0.739. The highest BCUT2D eigenvalue weighted by Crippen LogP contribution is 2.65. The predicted octanol–water partition coefficient (Wildman–Crippen LogP) is 3.03. The van der Waals surface area contributed by atoms with Gasteiger partial charge in [-0.15, -0.1) is 0 Å². The molecule has 0 radical (unpaired) electrons. The molecule has 3 saturated carbocycles. The lowest BCUT2D eigenvalue weighted by Crippen LogP contribution is -2.52. The summed E-state index contributed by atoms with van der Waals surface area (Å²) in [7, 11) is 0. The van der Waals surface area contributed by atoms with E-state index in [2.05, 4.69) is 19.9 Å². The van der Waals surface area contributed by atoms with Crippen molar-refractivity contribution >= 4 is 23.5 Å². The predicted molar refractivity (Wildman–Crippen MR) is 114 cm³/mol. The number of carbonyl (C=O) groups excluding carboxylic acids is 1. The molecule has 0 aromatic carbocycles. The highest BCUT2D eigenvalue weighted by Gasteiger charge is 2.59. The van der Waals surface area contributed by atoms with Crippen LogP contribution < -0.4 is 5.73 Å². The van der Waals surface area contributed by atoms with Gasteiger partial charge in [-0.3, -0.25) is 9.59 Å². The van der Waals surface area contributed by atoms with E-state index < -0.39 is 12.0 Å². The number of fused-ring (bicyclic) bond motifs is 5. The average Bonchev–Trinajstić information content (AvgIpc) is 2.97. The Bertz CT molecular complexity index is 764. The van der Waals surface area contributed by atoms with E-state index in [4.69, 9.17) is 10.8 Å².